The van der Waals surface area contributed by atoms with Gasteiger partial charge in [0.05, 0.1) is 26.7 Å². The largest absolute Gasteiger partial charge is 1.00 e. The molecule has 0 fully saturated rings. The van der Waals surface area contributed by atoms with E-state index in [0.717, 1.165) is 52.1 Å². The number of aromatic nitrogens is 6. The first-order chi connectivity index (χ1) is 24.2. The van der Waals surface area contributed by atoms with Crippen molar-refractivity contribution in [2.24, 2.45) is 0 Å². The predicted molar refractivity (Wildman–Crippen MR) is 184 cm³/mol. The quantitative estimate of drug-likeness (QED) is 0.236. The summed E-state index contributed by atoms with van der Waals surface area (Å²) in [5, 5.41) is 18.8. The van der Waals surface area contributed by atoms with Crippen molar-refractivity contribution in [1.29, 1.82) is 0 Å². The van der Waals surface area contributed by atoms with Crippen LogP contribution in [0.1, 0.15) is 33.9 Å². The van der Waals surface area contributed by atoms with Crippen LogP contribution < -0.4 is 26.5 Å². The molecular weight excluding hydrogens is 788 g/mol. The van der Waals surface area contributed by atoms with E-state index in [4.69, 9.17) is 9.47 Å². The molecule has 14 heteroatoms. The number of benzene rings is 4. The first-order valence-electron chi connectivity index (χ1n) is 16.1. The molecule has 0 spiro atoms. The molecule has 0 aliphatic carbocycles. The van der Waals surface area contributed by atoms with Gasteiger partial charge < -0.3 is 36.0 Å². The smallest absolute Gasteiger partial charge is 0.231 e. The lowest BCUT2D eigenvalue weighted by Gasteiger charge is -2.46. The second-order valence-electron chi connectivity index (χ2n) is 12.8. The van der Waals surface area contributed by atoms with E-state index in [-0.39, 0.29) is 41.7 Å². The summed E-state index contributed by atoms with van der Waals surface area (Å²) in [4.78, 5) is 7.57. The van der Waals surface area contributed by atoms with Crippen molar-refractivity contribution in [2.45, 2.75) is 37.7 Å². The van der Waals surface area contributed by atoms with E-state index in [1.54, 1.807) is 0 Å². The maximum Gasteiger partial charge on any atom is 0.231 e. The van der Waals surface area contributed by atoms with Crippen molar-refractivity contribution < 1.29 is 44.8 Å². The van der Waals surface area contributed by atoms with Gasteiger partial charge in [-0.25, -0.2) is 28.1 Å². The number of quaternary nitrogens is 1. The fraction of sp³-hybridized carbons (Fsp3) is 0.243. The molecule has 2 aliphatic rings. The normalized spacial score (nSPS) is 17.5. The summed E-state index contributed by atoms with van der Waals surface area (Å²) >= 11 is 3.55. The van der Waals surface area contributed by atoms with E-state index in [9.17, 15) is 13.9 Å². The van der Waals surface area contributed by atoms with Gasteiger partial charge in [-0.05, 0) is 35.9 Å². The second-order valence-corrected chi connectivity index (χ2v) is 13.7. The molecule has 4 heterocycles. The average molecular weight is 824 g/mol. The molecule has 1 N–H and O–H groups in total. The van der Waals surface area contributed by atoms with Crippen LogP contribution in [0.5, 0.6) is 11.5 Å². The zero-order valence-electron chi connectivity index (χ0n) is 27.6. The minimum Gasteiger partial charge on any atom is -1.00 e. The van der Waals surface area contributed by atoms with Gasteiger partial charge in [0.25, 0.3) is 0 Å². The van der Waals surface area contributed by atoms with Gasteiger partial charge in [0.1, 0.15) is 55.1 Å². The molecule has 8 rings (SSSR count). The van der Waals surface area contributed by atoms with Gasteiger partial charge in [-0.3, -0.25) is 0 Å². The van der Waals surface area contributed by atoms with Crippen LogP contribution in [0.15, 0.2) is 115 Å². The van der Waals surface area contributed by atoms with Gasteiger partial charge in [-0.2, -0.15) is 10.2 Å². The van der Waals surface area contributed by atoms with Crippen LogP contribution in [0, 0.1) is 11.6 Å². The highest BCUT2D eigenvalue weighted by molar-refractivity contribution is 9.10. The molecule has 0 amide bonds. The fourth-order valence-electron chi connectivity index (χ4n) is 6.92. The minimum absolute atomic E-state index is 0. The topological polar surface area (TPSA) is 100 Å². The number of aliphatic hydroxyl groups is 1. The summed E-state index contributed by atoms with van der Waals surface area (Å²) in [5.74, 6) is 0.194. The van der Waals surface area contributed by atoms with Crippen LogP contribution in [0.25, 0.3) is 0 Å². The lowest BCUT2D eigenvalue weighted by molar-refractivity contribution is -0.948. The molecule has 264 valence electrons. The van der Waals surface area contributed by atoms with Crippen molar-refractivity contribution in [3.8, 4) is 11.5 Å². The van der Waals surface area contributed by atoms with Crippen molar-refractivity contribution in [3.63, 3.8) is 0 Å². The molecule has 0 saturated carbocycles. The second kappa shape index (κ2) is 15.4. The van der Waals surface area contributed by atoms with E-state index < -0.39 is 17.2 Å². The number of nitrogens with zero attached hydrogens (tertiary/aromatic N) is 7. The summed E-state index contributed by atoms with van der Waals surface area (Å²) in [6.45, 7) is 2.24. The molecule has 2 aliphatic heterocycles. The van der Waals surface area contributed by atoms with Gasteiger partial charge in [-0.1, -0.05) is 64.5 Å². The summed E-state index contributed by atoms with van der Waals surface area (Å²) in [7, 11) is 2.38. The molecular formula is C37H35Br2F2N7O3. The Morgan fingerprint density at radius 1 is 0.882 bits per heavy atom. The van der Waals surface area contributed by atoms with Gasteiger partial charge in [0.2, 0.25) is 6.79 Å². The Labute approximate surface area is 312 Å². The van der Waals surface area contributed by atoms with Crippen LogP contribution in [0.4, 0.5) is 8.78 Å². The summed E-state index contributed by atoms with van der Waals surface area (Å²) in [5.41, 5.74) is 3.70. The predicted octanol–water partition coefficient (Wildman–Crippen LogP) is 3.21. The zero-order chi connectivity index (χ0) is 34.7. The monoisotopic (exact) mass is 821 g/mol. The molecule has 4 aromatic carbocycles. The fourth-order valence-corrected chi connectivity index (χ4v) is 7.18. The highest BCUT2D eigenvalue weighted by atomic mass is 79.9. The van der Waals surface area contributed by atoms with Crippen LogP contribution in [0.3, 0.4) is 0 Å². The lowest BCUT2D eigenvalue weighted by atomic mass is 9.85. The Hall–Kier alpha value is -4.50. The maximum atomic E-state index is 14.1. The molecule has 2 aromatic heterocycles. The Morgan fingerprint density at radius 2 is 1.53 bits per heavy atom. The first-order valence-corrected chi connectivity index (χ1v) is 16.9. The van der Waals surface area contributed by atoms with E-state index in [2.05, 4.69) is 110 Å². The number of hydrogen-bond acceptors (Lipinski definition) is 7. The average Bonchev–Trinajstić information content (AvgIpc) is 3.90. The molecule has 10 nitrogen and oxygen atoms in total. The zero-order valence-corrected chi connectivity index (χ0v) is 30.8. The van der Waals surface area contributed by atoms with E-state index in [1.165, 1.54) is 63.0 Å². The third-order valence-corrected chi connectivity index (χ3v) is 9.76. The SMILES string of the molecule is C[N+]1(Cc2ccc(Br)cc2)CCc2cc3c(cc2C1c1ccccc1)OCO3.OC(Cn1cncn1)(Cn1cncn1)c1ccc(F)cc1F.[Br-]. The molecule has 0 saturated heterocycles. The van der Waals surface area contributed by atoms with Crippen LogP contribution in [-0.2, 0) is 31.7 Å². The highest BCUT2D eigenvalue weighted by Crippen LogP contribution is 2.46. The number of hydrogen-bond donors (Lipinski definition) is 1. The van der Waals surface area contributed by atoms with Crippen molar-refractivity contribution >= 4 is 15.9 Å². The van der Waals surface area contributed by atoms with Gasteiger partial charge >= 0.3 is 0 Å². The number of ether oxygens (including phenoxy) is 2. The molecule has 6 aromatic rings. The third-order valence-electron chi connectivity index (χ3n) is 9.23. The Bertz CT molecular complexity index is 2020. The molecule has 2 atom stereocenters. The number of fused-ring (bicyclic) bond motifs is 2. The van der Waals surface area contributed by atoms with Gasteiger partial charge in [0, 0.05) is 39.2 Å². The van der Waals surface area contributed by atoms with Crippen LogP contribution >= 0.6 is 15.9 Å². The number of likely N-dealkylation sites (N-methyl/N-ethyl adjacent to an activating group) is 1. The minimum atomic E-state index is -1.70. The van der Waals surface area contributed by atoms with Gasteiger partial charge in [0.15, 0.2) is 11.5 Å². The van der Waals surface area contributed by atoms with E-state index >= 15 is 0 Å². The Balaban J connectivity index is 0.000000178. The number of rotatable bonds is 8. The molecule has 2 unspecified atom stereocenters. The maximum absolute atomic E-state index is 14.1. The van der Waals surface area contributed by atoms with Crippen molar-refractivity contribution in [3.05, 3.63) is 154 Å². The van der Waals surface area contributed by atoms with Crippen molar-refractivity contribution in [1.82, 2.24) is 29.5 Å². The third kappa shape index (κ3) is 8.04. The standard InChI is InChI=1S/C24H23BrNO2.C13H12F2N6O.BrH/c1-26(15-17-7-9-20(25)10-8-17)12-11-19-13-22-23(28-16-27-22)14-21(19)24(26)18-5-3-2-4-6-18;14-10-1-2-11(12(15)3-10)13(22,4-20-8-16-6-18-20)5-21-9-17-7-19-21;/h2-10,13-14,24H,11-12,15-16H2,1H3;1-3,6-9,22H,4-5H2;1H/q+1;;/p-1. The molecule has 51 heavy (non-hydrogen) atoms. The number of halogens is 4. The Kier molecular flexibility index (Phi) is 11.0. The molecule has 0 radical (unpaired) electrons. The van der Waals surface area contributed by atoms with Gasteiger partial charge in [-0.15, -0.1) is 0 Å². The molecule has 0 bridgehead atoms. The Morgan fingerprint density at radius 3 is 2.14 bits per heavy atom. The lowest BCUT2D eigenvalue weighted by Crippen LogP contribution is -3.00. The van der Waals surface area contributed by atoms with E-state index in [0.29, 0.717) is 6.79 Å². The first kappa shape index (κ1) is 36.3. The van der Waals surface area contributed by atoms with Crippen LogP contribution in [-0.4, -0.2) is 59.5 Å². The van der Waals surface area contributed by atoms with E-state index in [1.807, 2.05) is 0 Å². The summed E-state index contributed by atoms with van der Waals surface area (Å²) < 4.78 is 43.4. The summed E-state index contributed by atoms with van der Waals surface area (Å²) in [6, 6.07) is 27.3. The highest BCUT2D eigenvalue weighted by Gasteiger charge is 2.41. The summed E-state index contributed by atoms with van der Waals surface area (Å²) in [6.07, 6.45) is 6.44. The van der Waals surface area contributed by atoms with Crippen molar-refractivity contribution in [2.75, 3.05) is 20.4 Å². The van der Waals surface area contributed by atoms with Crippen LogP contribution in [0.2, 0.25) is 0 Å².